The average Bonchev–Trinajstić information content (AvgIpc) is 2.30. The minimum atomic E-state index is -3.40. The van der Waals surface area contributed by atoms with E-state index in [1.807, 2.05) is 13.8 Å². The van der Waals surface area contributed by atoms with E-state index in [4.69, 9.17) is 28.9 Å². The maximum atomic E-state index is 12.6. The van der Waals surface area contributed by atoms with Crippen molar-refractivity contribution in [2.24, 2.45) is 11.1 Å². The molecule has 1 aromatic rings. The third-order valence-electron chi connectivity index (χ3n) is 3.94. The van der Waals surface area contributed by atoms with Gasteiger partial charge in [0, 0.05) is 29.2 Å². The van der Waals surface area contributed by atoms with Crippen LogP contribution in [0.2, 0.25) is 10.0 Å². The van der Waals surface area contributed by atoms with E-state index >= 15 is 0 Å². The van der Waals surface area contributed by atoms with Gasteiger partial charge in [-0.25, -0.2) is 12.7 Å². The van der Waals surface area contributed by atoms with Gasteiger partial charge >= 0.3 is 0 Å². The minimum absolute atomic E-state index is 0.0181. The molecule has 0 radical (unpaired) electrons. The zero-order chi connectivity index (χ0) is 15.8. The maximum Gasteiger partial charge on any atom is 0.218 e. The van der Waals surface area contributed by atoms with Crippen molar-refractivity contribution in [2.75, 3.05) is 13.1 Å². The fraction of sp³-hybridized carbons (Fsp3) is 0.571. The molecule has 1 atom stereocenters. The summed E-state index contributed by atoms with van der Waals surface area (Å²) in [6.07, 6.45) is 0.669. The molecule has 0 bridgehead atoms. The molecule has 0 aliphatic carbocycles. The van der Waals surface area contributed by atoms with Gasteiger partial charge in [0.05, 0.1) is 5.75 Å². The fourth-order valence-corrected chi connectivity index (χ4v) is 4.81. The highest BCUT2D eigenvalue weighted by molar-refractivity contribution is 7.88. The Kier molecular flexibility index (Phi) is 4.90. The Bertz CT molecular complexity index is 612. The number of rotatable bonds is 3. The predicted octanol–water partition coefficient (Wildman–Crippen LogP) is 2.88. The van der Waals surface area contributed by atoms with Gasteiger partial charge in [0.2, 0.25) is 10.0 Å². The SMILES string of the molecule is CC1(C)CN(S(=O)(=O)Cc2cc(Cl)cc(Cl)c2)CCC1N. The molecular formula is C14H20Cl2N2O2S. The first kappa shape index (κ1) is 17.0. The summed E-state index contributed by atoms with van der Waals surface area (Å²) >= 11 is 11.8. The zero-order valence-corrected chi connectivity index (χ0v) is 14.5. The van der Waals surface area contributed by atoms with Crippen molar-refractivity contribution in [1.29, 1.82) is 0 Å². The van der Waals surface area contributed by atoms with E-state index in [1.165, 1.54) is 4.31 Å². The summed E-state index contributed by atoms with van der Waals surface area (Å²) < 4.78 is 26.7. The van der Waals surface area contributed by atoms with Gasteiger partial charge in [-0.3, -0.25) is 0 Å². The summed E-state index contributed by atoms with van der Waals surface area (Å²) in [5.41, 5.74) is 6.43. The number of halogens is 2. The first-order chi connectivity index (χ1) is 9.60. The number of sulfonamides is 1. The average molecular weight is 351 g/mol. The van der Waals surface area contributed by atoms with Gasteiger partial charge in [0.15, 0.2) is 0 Å². The highest BCUT2D eigenvalue weighted by Gasteiger charge is 2.38. The Labute approximate surface area is 136 Å². The molecule has 1 heterocycles. The van der Waals surface area contributed by atoms with Crippen LogP contribution in [-0.4, -0.2) is 31.9 Å². The van der Waals surface area contributed by atoms with Gasteiger partial charge in [-0.2, -0.15) is 0 Å². The lowest BCUT2D eigenvalue weighted by Crippen LogP contribution is -2.54. The summed E-state index contributed by atoms with van der Waals surface area (Å²) in [4.78, 5) is 0. The van der Waals surface area contributed by atoms with E-state index in [9.17, 15) is 8.42 Å². The van der Waals surface area contributed by atoms with Crippen LogP contribution < -0.4 is 5.73 Å². The molecule has 0 spiro atoms. The molecule has 1 fully saturated rings. The van der Waals surface area contributed by atoms with Gasteiger partial charge in [0.1, 0.15) is 0 Å². The normalized spacial score (nSPS) is 23.2. The van der Waals surface area contributed by atoms with E-state index in [2.05, 4.69) is 0 Å². The van der Waals surface area contributed by atoms with E-state index in [-0.39, 0.29) is 17.2 Å². The Morgan fingerprint density at radius 2 is 1.86 bits per heavy atom. The lowest BCUT2D eigenvalue weighted by Gasteiger charge is -2.41. The molecule has 2 N–H and O–H groups in total. The minimum Gasteiger partial charge on any atom is -0.327 e. The first-order valence-electron chi connectivity index (χ1n) is 6.78. The van der Waals surface area contributed by atoms with E-state index in [0.717, 1.165) is 0 Å². The van der Waals surface area contributed by atoms with Crippen LogP contribution in [0.1, 0.15) is 25.8 Å². The Morgan fingerprint density at radius 3 is 2.38 bits per heavy atom. The van der Waals surface area contributed by atoms with Gasteiger partial charge in [-0.1, -0.05) is 37.0 Å². The molecule has 0 aromatic heterocycles. The highest BCUT2D eigenvalue weighted by atomic mass is 35.5. The molecule has 1 saturated heterocycles. The monoisotopic (exact) mass is 350 g/mol. The molecule has 118 valence electrons. The molecule has 1 aliphatic heterocycles. The molecule has 0 saturated carbocycles. The molecule has 4 nitrogen and oxygen atoms in total. The van der Waals surface area contributed by atoms with Crippen LogP contribution in [0.4, 0.5) is 0 Å². The molecular weight excluding hydrogens is 331 g/mol. The lowest BCUT2D eigenvalue weighted by atomic mass is 9.81. The first-order valence-corrected chi connectivity index (χ1v) is 9.15. The summed E-state index contributed by atoms with van der Waals surface area (Å²) in [7, 11) is -3.40. The van der Waals surface area contributed by atoms with Crippen molar-refractivity contribution < 1.29 is 8.42 Å². The van der Waals surface area contributed by atoms with Gasteiger partial charge in [-0.05, 0) is 35.6 Å². The molecule has 21 heavy (non-hydrogen) atoms. The zero-order valence-electron chi connectivity index (χ0n) is 12.1. The predicted molar refractivity (Wildman–Crippen MR) is 87.0 cm³/mol. The van der Waals surface area contributed by atoms with Crippen molar-refractivity contribution in [3.63, 3.8) is 0 Å². The largest absolute Gasteiger partial charge is 0.327 e. The molecule has 1 aromatic carbocycles. The highest BCUT2D eigenvalue weighted by Crippen LogP contribution is 2.30. The van der Waals surface area contributed by atoms with Crippen LogP contribution in [0.25, 0.3) is 0 Å². The summed E-state index contributed by atoms with van der Waals surface area (Å²) in [6.45, 7) is 4.89. The van der Waals surface area contributed by atoms with Crippen LogP contribution in [0.5, 0.6) is 0 Å². The molecule has 2 rings (SSSR count). The molecule has 0 amide bonds. The summed E-state index contributed by atoms with van der Waals surface area (Å²) in [6, 6.07) is 4.87. The lowest BCUT2D eigenvalue weighted by molar-refractivity contribution is 0.155. The Balaban J connectivity index is 2.19. The number of nitrogens with zero attached hydrogens (tertiary/aromatic N) is 1. The second-order valence-corrected chi connectivity index (χ2v) is 9.09. The van der Waals surface area contributed by atoms with Crippen molar-refractivity contribution in [2.45, 2.75) is 32.1 Å². The standard InChI is InChI=1S/C14H20Cl2N2O2S/c1-14(2)9-18(4-3-13(14)17)21(19,20)8-10-5-11(15)7-12(16)6-10/h5-7,13H,3-4,8-9,17H2,1-2H3. The van der Waals surface area contributed by atoms with Crippen LogP contribution in [0.15, 0.2) is 18.2 Å². The van der Waals surface area contributed by atoms with Gasteiger partial charge in [0.25, 0.3) is 0 Å². The van der Waals surface area contributed by atoms with E-state index < -0.39 is 10.0 Å². The van der Waals surface area contributed by atoms with Crippen molar-refractivity contribution in [3.8, 4) is 0 Å². The number of hydrogen-bond acceptors (Lipinski definition) is 3. The number of piperidine rings is 1. The van der Waals surface area contributed by atoms with Crippen molar-refractivity contribution in [1.82, 2.24) is 4.31 Å². The van der Waals surface area contributed by atoms with Crippen LogP contribution in [0, 0.1) is 5.41 Å². The molecule has 1 unspecified atom stereocenters. The van der Waals surface area contributed by atoms with Crippen LogP contribution in [0.3, 0.4) is 0 Å². The van der Waals surface area contributed by atoms with Crippen LogP contribution >= 0.6 is 23.2 Å². The number of nitrogens with two attached hydrogens (primary N) is 1. The number of hydrogen-bond donors (Lipinski definition) is 1. The Morgan fingerprint density at radius 1 is 1.29 bits per heavy atom. The molecule has 7 heteroatoms. The second kappa shape index (κ2) is 6.05. The maximum absolute atomic E-state index is 12.6. The third kappa shape index (κ3) is 4.11. The quantitative estimate of drug-likeness (QED) is 0.911. The van der Waals surface area contributed by atoms with E-state index in [1.54, 1.807) is 18.2 Å². The van der Waals surface area contributed by atoms with Gasteiger partial charge in [-0.15, -0.1) is 0 Å². The summed E-state index contributed by atoms with van der Waals surface area (Å²) in [5.74, 6) is -0.0986. The molecule has 1 aliphatic rings. The topological polar surface area (TPSA) is 63.4 Å². The summed E-state index contributed by atoms with van der Waals surface area (Å²) in [5, 5.41) is 0.877. The van der Waals surface area contributed by atoms with Crippen molar-refractivity contribution in [3.05, 3.63) is 33.8 Å². The van der Waals surface area contributed by atoms with Gasteiger partial charge < -0.3 is 5.73 Å². The second-order valence-electron chi connectivity index (χ2n) is 6.25. The van der Waals surface area contributed by atoms with E-state index in [0.29, 0.717) is 35.1 Å². The smallest absolute Gasteiger partial charge is 0.218 e. The Hall–Kier alpha value is -0.330. The van der Waals surface area contributed by atoms with Crippen molar-refractivity contribution >= 4 is 33.2 Å². The van der Waals surface area contributed by atoms with Crippen LogP contribution in [-0.2, 0) is 15.8 Å². The third-order valence-corrected chi connectivity index (χ3v) is 6.17. The number of benzene rings is 1. The fourth-order valence-electron chi connectivity index (χ4n) is 2.56.